The number of hydrogen-bond donors (Lipinski definition) is 0. The van der Waals surface area contributed by atoms with Gasteiger partial charge in [-0.1, -0.05) is 17.7 Å². The molecule has 1 aliphatic rings. The van der Waals surface area contributed by atoms with E-state index in [1.54, 1.807) is 0 Å². The zero-order valence-electron chi connectivity index (χ0n) is 10.8. The minimum atomic E-state index is 1.09. The Morgan fingerprint density at radius 2 is 2.06 bits per heavy atom. The van der Waals surface area contributed by atoms with Crippen LogP contribution in [-0.4, -0.2) is 9.55 Å². The number of fused-ring (bicyclic) bond motifs is 1. The Bertz CT molecular complexity index is 599. The van der Waals surface area contributed by atoms with Crippen molar-refractivity contribution in [3.63, 3.8) is 0 Å². The van der Waals surface area contributed by atoms with Crippen molar-refractivity contribution in [1.82, 2.24) is 9.55 Å². The quantitative estimate of drug-likeness (QED) is 0.769. The third-order valence-corrected chi connectivity index (χ3v) is 4.47. The van der Waals surface area contributed by atoms with Crippen molar-refractivity contribution in [2.75, 3.05) is 0 Å². The van der Waals surface area contributed by atoms with Crippen LogP contribution in [0.5, 0.6) is 0 Å². The van der Waals surface area contributed by atoms with Gasteiger partial charge in [-0.2, -0.15) is 0 Å². The zero-order valence-corrected chi connectivity index (χ0v) is 12.4. The third kappa shape index (κ3) is 1.91. The van der Waals surface area contributed by atoms with Crippen LogP contribution in [0.25, 0.3) is 11.3 Å². The molecule has 3 heteroatoms. The summed E-state index contributed by atoms with van der Waals surface area (Å²) in [5.41, 5.74) is 4.93. The van der Waals surface area contributed by atoms with Crippen molar-refractivity contribution in [3.8, 4) is 11.3 Å². The molecule has 2 heterocycles. The highest BCUT2D eigenvalue weighted by Gasteiger charge is 2.19. The number of halogens is 1. The molecule has 1 aliphatic heterocycles. The summed E-state index contributed by atoms with van der Waals surface area (Å²) in [4.78, 5) is 4.84. The summed E-state index contributed by atoms with van der Waals surface area (Å²) < 4.78 is 3.46. The van der Waals surface area contributed by atoms with Crippen molar-refractivity contribution < 1.29 is 0 Å². The molecule has 0 saturated heterocycles. The lowest BCUT2D eigenvalue weighted by atomic mass is 10.0. The molecule has 18 heavy (non-hydrogen) atoms. The van der Waals surface area contributed by atoms with Crippen LogP contribution in [0, 0.1) is 13.8 Å². The first-order valence-electron chi connectivity index (χ1n) is 6.49. The lowest BCUT2D eigenvalue weighted by molar-refractivity contribution is 0.516. The Balaban J connectivity index is 2.17. The summed E-state index contributed by atoms with van der Waals surface area (Å²) in [6.07, 6.45) is 3.62. The largest absolute Gasteiger partial charge is 0.322 e. The Morgan fingerprint density at radius 1 is 1.22 bits per heavy atom. The number of aromatic nitrogens is 2. The van der Waals surface area contributed by atoms with Gasteiger partial charge in [-0.3, -0.25) is 0 Å². The van der Waals surface area contributed by atoms with Crippen LogP contribution < -0.4 is 0 Å². The maximum Gasteiger partial charge on any atom is 0.113 e. The summed E-state index contributed by atoms with van der Waals surface area (Å²) in [5, 5.41) is 0. The number of benzene rings is 1. The molecule has 2 aromatic rings. The molecule has 1 aromatic carbocycles. The van der Waals surface area contributed by atoms with E-state index < -0.39 is 0 Å². The molecule has 94 valence electrons. The molecular formula is C15H17BrN2. The van der Waals surface area contributed by atoms with E-state index >= 15 is 0 Å². The summed E-state index contributed by atoms with van der Waals surface area (Å²) >= 11 is 3.73. The van der Waals surface area contributed by atoms with E-state index in [2.05, 4.69) is 52.5 Å². The van der Waals surface area contributed by atoms with Crippen molar-refractivity contribution in [2.24, 2.45) is 0 Å². The molecule has 0 spiro atoms. The normalized spacial score (nSPS) is 14.6. The Hall–Kier alpha value is -1.09. The average Bonchev–Trinajstić information content (AvgIpc) is 2.71. The maximum absolute atomic E-state index is 4.84. The van der Waals surface area contributed by atoms with Gasteiger partial charge in [0, 0.05) is 18.5 Å². The number of imidazole rings is 1. The molecule has 0 bridgehead atoms. The molecule has 0 aliphatic carbocycles. The second-order valence-corrected chi connectivity index (χ2v) is 5.85. The fourth-order valence-corrected chi connectivity index (χ4v) is 3.29. The van der Waals surface area contributed by atoms with Crippen molar-refractivity contribution in [3.05, 3.63) is 39.8 Å². The van der Waals surface area contributed by atoms with Gasteiger partial charge in [0.05, 0.1) is 0 Å². The van der Waals surface area contributed by atoms with Gasteiger partial charge in [-0.25, -0.2) is 4.98 Å². The van der Waals surface area contributed by atoms with Crippen LogP contribution in [0.3, 0.4) is 0 Å². The minimum absolute atomic E-state index is 1.09. The number of hydrogen-bond acceptors (Lipinski definition) is 1. The average molecular weight is 305 g/mol. The van der Waals surface area contributed by atoms with E-state index in [0.29, 0.717) is 0 Å². The first-order valence-corrected chi connectivity index (χ1v) is 7.28. The predicted octanol–water partition coefficient (Wildman–Crippen LogP) is 4.27. The van der Waals surface area contributed by atoms with E-state index in [1.807, 2.05) is 0 Å². The fraction of sp³-hybridized carbons (Fsp3) is 0.400. The van der Waals surface area contributed by atoms with Crippen LogP contribution in [0.15, 0.2) is 22.8 Å². The van der Waals surface area contributed by atoms with Crippen LogP contribution >= 0.6 is 15.9 Å². The molecule has 0 amide bonds. The van der Waals surface area contributed by atoms with E-state index in [0.717, 1.165) is 23.3 Å². The number of aryl methyl sites for hydroxylation is 3. The second-order valence-electron chi connectivity index (χ2n) is 5.09. The van der Waals surface area contributed by atoms with E-state index in [9.17, 15) is 0 Å². The van der Waals surface area contributed by atoms with Crippen LogP contribution in [0.4, 0.5) is 0 Å². The highest BCUT2D eigenvalue weighted by Crippen LogP contribution is 2.33. The van der Waals surface area contributed by atoms with Gasteiger partial charge < -0.3 is 4.57 Å². The summed E-state index contributed by atoms with van der Waals surface area (Å²) in [6.45, 7) is 5.38. The first-order chi connectivity index (χ1) is 8.66. The maximum atomic E-state index is 4.84. The number of nitrogens with zero attached hydrogens (tertiary/aromatic N) is 2. The molecule has 0 saturated carbocycles. The van der Waals surface area contributed by atoms with Gasteiger partial charge in [0.15, 0.2) is 0 Å². The fourth-order valence-electron chi connectivity index (χ4n) is 2.61. The molecule has 2 nitrogen and oxygen atoms in total. The lowest BCUT2D eigenvalue weighted by Gasteiger charge is -2.13. The standard InChI is InChI=1S/C15H17BrN2/c1-10-6-7-11(2)12(9-10)14-15(16)18-8-4-3-5-13(18)17-14/h6-7,9H,3-5,8H2,1-2H3. The monoisotopic (exact) mass is 304 g/mol. The van der Waals surface area contributed by atoms with Crippen LogP contribution in [-0.2, 0) is 13.0 Å². The van der Waals surface area contributed by atoms with E-state index in [-0.39, 0.29) is 0 Å². The highest BCUT2D eigenvalue weighted by atomic mass is 79.9. The summed E-state index contributed by atoms with van der Waals surface area (Å²) in [5.74, 6) is 1.23. The van der Waals surface area contributed by atoms with Crippen LogP contribution in [0.1, 0.15) is 29.8 Å². The molecular weight excluding hydrogens is 288 g/mol. The van der Waals surface area contributed by atoms with Crippen molar-refractivity contribution >= 4 is 15.9 Å². The molecule has 1 aromatic heterocycles. The zero-order chi connectivity index (χ0) is 12.7. The minimum Gasteiger partial charge on any atom is -0.322 e. The van der Waals surface area contributed by atoms with Gasteiger partial charge in [-0.15, -0.1) is 0 Å². The molecule has 0 fully saturated rings. The van der Waals surface area contributed by atoms with Crippen molar-refractivity contribution in [1.29, 1.82) is 0 Å². The van der Waals surface area contributed by atoms with Crippen molar-refractivity contribution in [2.45, 2.75) is 39.7 Å². The number of rotatable bonds is 1. The highest BCUT2D eigenvalue weighted by molar-refractivity contribution is 9.10. The summed E-state index contributed by atoms with van der Waals surface area (Å²) in [6, 6.07) is 6.56. The smallest absolute Gasteiger partial charge is 0.113 e. The molecule has 0 radical (unpaired) electrons. The molecule has 0 atom stereocenters. The molecule has 3 rings (SSSR count). The predicted molar refractivity (Wildman–Crippen MR) is 77.8 cm³/mol. The van der Waals surface area contributed by atoms with Gasteiger partial charge in [0.1, 0.15) is 16.1 Å². The van der Waals surface area contributed by atoms with Gasteiger partial charge in [0.2, 0.25) is 0 Å². The topological polar surface area (TPSA) is 17.8 Å². The van der Waals surface area contributed by atoms with E-state index in [1.165, 1.54) is 35.4 Å². The second kappa shape index (κ2) is 4.54. The van der Waals surface area contributed by atoms with Crippen LogP contribution in [0.2, 0.25) is 0 Å². The van der Waals surface area contributed by atoms with Gasteiger partial charge >= 0.3 is 0 Å². The Kier molecular flexibility index (Phi) is 3.02. The third-order valence-electron chi connectivity index (χ3n) is 3.67. The molecule has 0 N–H and O–H groups in total. The Labute approximate surface area is 116 Å². The Morgan fingerprint density at radius 3 is 2.83 bits per heavy atom. The first kappa shape index (κ1) is 12.0. The van der Waals surface area contributed by atoms with E-state index in [4.69, 9.17) is 4.98 Å². The molecule has 0 unspecified atom stereocenters. The summed E-state index contributed by atoms with van der Waals surface area (Å²) in [7, 11) is 0. The lowest BCUT2D eigenvalue weighted by Crippen LogP contribution is -2.10. The SMILES string of the molecule is Cc1ccc(C)c(-c2nc3n(c2Br)CCCC3)c1. The van der Waals surface area contributed by atoms with Gasteiger partial charge in [-0.05, 0) is 54.2 Å². The van der Waals surface area contributed by atoms with Gasteiger partial charge in [0.25, 0.3) is 0 Å².